The monoisotopic (exact) mass is 347 g/mol. The molecule has 0 fully saturated rings. The molecule has 2 rings (SSSR count). The van der Waals surface area contributed by atoms with Gasteiger partial charge in [-0.05, 0) is 41.3 Å². The number of aliphatic hydroxyl groups excluding tert-OH is 1. The fourth-order valence-corrected chi connectivity index (χ4v) is 2.64. The normalized spacial score (nSPS) is 13.2. The van der Waals surface area contributed by atoms with Crippen molar-refractivity contribution in [3.8, 4) is 5.75 Å². The summed E-state index contributed by atoms with van der Waals surface area (Å²) in [6, 6.07) is 14.3. The number of hydrogen-bond acceptors (Lipinski definition) is 3. The van der Waals surface area contributed by atoms with Crippen molar-refractivity contribution in [1.82, 2.24) is 5.32 Å². The molecule has 2 aromatic rings. The largest absolute Gasteiger partial charge is 0.497 e. The summed E-state index contributed by atoms with van der Waals surface area (Å²) in [4.78, 5) is 12.3. The summed E-state index contributed by atoms with van der Waals surface area (Å²) in [6.07, 6.45) is 0.344. The Morgan fingerprint density at radius 1 is 1.12 bits per heavy atom. The first-order valence-electron chi connectivity index (χ1n) is 7.83. The number of ether oxygens (including phenoxy) is 1. The van der Waals surface area contributed by atoms with Gasteiger partial charge < -0.3 is 15.2 Å². The highest BCUT2D eigenvalue weighted by atomic mass is 35.5. The third-order valence-corrected chi connectivity index (χ3v) is 4.22. The predicted octanol–water partition coefficient (Wildman–Crippen LogP) is 3.69. The zero-order valence-corrected chi connectivity index (χ0v) is 14.6. The quantitative estimate of drug-likeness (QED) is 0.803. The van der Waals surface area contributed by atoms with Gasteiger partial charge >= 0.3 is 0 Å². The van der Waals surface area contributed by atoms with E-state index in [9.17, 15) is 9.90 Å². The Bertz CT molecular complexity index is 655. The lowest BCUT2D eigenvalue weighted by Gasteiger charge is -2.19. The molecule has 0 aromatic heterocycles. The lowest BCUT2D eigenvalue weighted by atomic mass is 9.97. The number of methoxy groups -OCH3 is 1. The molecule has 4 nitrogen and oxygen atoms in total. The maximum absolute atomic E-state index is 12.3. The van der Waals surface area contributed by atoms with E-state index in [1.165, 1.54) is 0 Å². The van der Waals surface area contributed by atoms with Gasteiger partial charge in [0, 0.05) is 11.4 Å². The second-order valence-electron chi connectivity index (χ2n) is 5.73. The van der Waals surface area contributed by atoms with Gasteiger partial charge in [-0.2, -0.15) is 0 Å². The molecule has 128 valence electrons. The molecule has 1 amide bonds. The first kappa shape index (κ1) is 18.3. The fraction of sp³-hybridized carbons (Fsp3) is 0.316. The number of nitrogens with one attached hydrogen (secondary N) is 1. The zero-order chi connectivity index (χ0) is 17.5. The highest BCUT2D eigenvalue weighted by Gasteiger charge is 2.16. The van der Waals surface area contributed by atoms with E-state index in [1.54, 1.807) is 31.4 Å². The van der Waals surface area contributed by atoms with E-state index in [2.05, 4.69) is 5.32 Å². The predicted molar refractivity (Wildman–Crippen MR) is 95.4 cm³/mol. The summed E-state index contributed by atoms with van der Waals surface area (Å²) < 4.78 is 5.14. The Balaban J connectivity index is 1.96. The summed E-state index contributed by atoms with van der Waals surface area (Å²) >= 11 is 5.86. The number of benzene rings is 2. The van der Waals surface area contributed by atoms with Crippen LogP contribution in [-0.2, 0) is 4.79 Å². The Labute approximate surface area is 147 Å². The summed E-state index contributed by atoms with van der Waals surface area (Å²) in [5.41, 5.74) is 1.89. The molecule has 2 atom stereocenters. The van der Waals surface area contributed by atoms with Crippen LogP contribution in [0.4, 0.5) is 0 Å². The van der Waals surface area contributed by atoms with Crippen LogP contribution in [0.25, 0.3) is 0 Å². The van der Waals surface area contributed by atoms with Crippen molar-refractivity contribution in [2.75, 3.05) is 13.7 Å². The van der Waals surface area contributed by atoms with Crippen molar-refractivity contribution in [2.45, 2.75) is 25.3 Å². The van der Waals surface area contributed by atoms with Crippen molar-refractivity contribution < 1.29 is 14.6 Å². The Morgan fingerprint density at radius 2 is 1.71 bits per heavy atom. The van der Waals surface area contributed by atoms with E-state index in [0.29, 0.717) is 11.4 Å². The first-order chi connectivity index (χ1) is 11.5. The second kappa shape index (κ2) is 8.71. The van der Waals surface area contributed by atoms with E-state index in [0.717, 1.165) is 16.9 Å². The van der Waals surface area contributed by atoms with Crippen LogP contribution < -0.4 is 10.1 Å². The van der Waals surface area contributed by atoms with Gasteiger partial charge in [-0.3, -0.25) is 4.79 Å². The molecule has 2 N–H and O–H groups in total. The number of amides is 1. The third-order valence-electron chi connectivity index (χ3n) is 3.97. The number of halogens is 1. The van der Waals surface area contributed by atoms with Gasteiger partial charge in [-0.15, -0.1) is 0 Å². The van der Waals surface area contributed by atoms with Gasteiger partial charge in [0.25, 0.3) is 0 Å². The summed E-state index contributed by atoms with van der Waals surface area (Å²) in [5, 5.41) is 13.0. The molecular formula is C19H22ClNO3. The number of carbonyl (C=O) groups excluding carboxylic acids is 1. The van der Waals surface area contributed by atoms with Crippen LogP contribution in [0.2, 0.25) is 5.02 Å². The number of aliphatic hydroxyl groups is 1. The summed E-state index contributed by atoms with van der Waals surface area (Å²) in [6.45, 7) is 1.84. The maximum Gasteiger partial charge on any atom is 0.221 e. The summed E-state index contributed by atoms with van der Waals surface area (Å²) in [5.74, 6) is 0.756. The molecule has 0 aliphatic heterocycles. The molecule has 2 unspecified atom stereocenters. The molecular weight excluding hydrogens is 326 g/mol. The molecule has 2 aromatic carbocycles. The van der Waals surface area contributed by atoms with Gasteiger partial charge in [-0.25, -0.2) is 0 Å². The molecule has 0 heterocycles. The van der Waals surface area contributed by atoms with Crippen LogP contribution >= 0.6 is 11.6 Å². The third kappa shape index (κ3) is 4.98. The van der Waals surface area contributed by atoms with Crippen LogP contribution in [0.1, 0.15) is 36.4 Å². The van der Waals surface area contributed by atoms with E-state index < -0.39 is 6.04 Å². The van der Waals surface area contributed by atoms with Gasteiger partial charge in [0.15, 0.2) is 0 Å². The van der Waals surface area contributed by atoms with Crippen molar-refractivity contribution in [1.29, 1.82) is 0 Å². The number of hydrogen-bond donors (Lipinski definition) is 2. The van der Waals surface area contributed by atoms with Crippen LogP contribution in [0.15, 0.2) is 48.5 Å². The van der Waals surface area contributed by atoms with Crippen LogP contribution in [0.5, 0.6) is 5.75 Å². The van der Waals surface area contributed by atoms with E-state index in [-0.39, 0.29) is 18.4 Å². The van der Waals surface area contributed by atoms with E-state index in [1.807, 2.05) is 31.2 Å². The molecule has 0 bridgehead atoms. The maximum atomic E-state index is 12.3. The number of rotatable bonds is 7. The Hall–Kier alpha value is -2.04. The SMILES string of the molecule is COc1ccc(C(C)CC(=O)NC(CO)c2ccc(Cl)cc2)cc1. The molecule has 0 aliphatic rings. The topological polar surface area (TPSA) is 58.6 Å². The van der Waals surface area contributed by atoms with Crippen LogP contribution in [-0.4, -0.2) is 24.7 Å². The first-order valence-corrected chi connectivity index (χ1v) is 8.21. The molecule has 0 saturated heterocycles. The Morgan fingerprint density at radius 3 is 2.25 bits per heavy atom. The van der Waals surface area contributed by atoms with Crippen LogP contribution in [0, 0.1) is 0 Å². The highest BCUT2D eigenvalue weighted by molar-refractivity contribution is 6.30. The van der Waals surface area contributed by atoms with E-state index >= 15 is 0 Å². The standard InChI is InChI=1S/C19H22ClNO3/c1-13(14-5-9-17(24-2)10-6-14)11-19(23)21-18(12-22)15-3-7-16(20)8-4-15/h3-10,13,18,22H,11-12H2,1-2H3,(H,21,23). The van der Waals surface area contributed by atoms with Gasteiger partial charge in [-0.1, -0.05) is 42.8 Å². The fourth-order valence-electron chi connectivity index (χ4n) is 2.51. The van der Waals surface area contributed by atoms with Crippen molar-refractivity contribution in [2.24, 2.45) is 0 Å². The average molecular weight is 348 g/mol. The molecule has 5 heteroatoms. The smallest absolute Gasteiger partial charge is 0.221 e. The molecule has 0 saturated carbocycles. The van der Waals surface area contributed by atoms with Crippen molar-refractivity contribution in [3.05, 3.63) is 64.7 Å². The lowest BCUT2D eigenvalue weighted by Crippen LogP contribution is -2.31. The van der Waals surface area contributed by atoms with Crippen molar-refractivity contribution in [3.63, 3.8) is 0 Å². The molecule has 24 heavy (non-hydrogen) atoms. The minimum atomic E-state index is -0.433. The minimum Gasteiger partial charge on any atom is -0.497 e. The van der Waals surface area contributed by atoms with Crippen molar-refractivity contribution >= 4 is 17.5 Å². The second-order valence-corrected chi connectivity index (χ2v) is 6.17. The minimum absolute atomic E-state index is 0.0699. The molecule has 0 radical (unpaired) electrons. The average Bonchev–Trinajstić information content (AvgIpc) is 2.60. The van der Waals surface area contributed by atoms with Gasteiger partial charge in [0.1, 0.15) is 5.75 Å². The van der Waals surface area contributed by atoms with Gasteiger partial charge in [0.05, 0.1) is 19.8 Å². The number of carbonyl (C=O) groups is 1. The Kier molecular flexibility index (Phi) is 6.64. The highest BCUT2D eigenvalue weighted by Crippen LogP contribution is 2.23. The molecule has 0 spiro atoms. The van der Waals surface area contributed by atoms with Gasteiger partial charge in [0.2, 0.25) is 5.91 Å². The molecule has 0 aliphatic carbocycles. The lowest BCUT2D eigenvalue weighted by molar-refractivity contribution is -0.122. The zero-order valence-electron chi connectivity index (χ0n) is 13.8. The van der Waals surface area contributed by atoms with E-state index in [4.69, 9.17) is 16.3 Å². The summed E-state index contributed by atoms with van der Waals surface area (Å²) in [7, 11) is 1.62. The van der Waals surface area contributed by atoms with Crippen LogP contribution in [0.3, 0.4) is 0 Å².